The zero-order chi connectivity index (χ0) is 46.9. The van der Waals surface area contributed by atoms with Gasteiger partial charge >= 0.3 is 28.7 Å². The molecule has 3 aromatic rings. The van der Waals surface area contributed by atoms with E-state index in [1.807, 2.05) is 0 Å². The van der Waals surface area contributed by atoms with E-state index in [0.717, 1.165) is 11.3 Å². The van der Waals surface area contributed by atoms with Gasteiger partial charge in [-0.15, -0.1) is 15.6 Å². The highest BCUT2D eigenvalue weighted by molar-refractivity contribution is 7.80. The number of fused-ring (bicyclic) bond motifs is 1. The summed E-state index contributed by atoms with van der Waals surface area (Å²) in [5.74, 6) is -1.22. The number of anilines is 1. The molecule has 0 radical (unpaired) electrons. The highest BCUT2D eigenvalue weighted by Crippen LogP contribution is 2.33. The molecule has 3 N–H and O–H groups in total. The lowest BCUT2D eigenvalue weighted by molar-refractivity contribution is -0.218. The zero-order valence-electron chi connectivity index (χ0n) is 36.8. The van der Waals surface area contributed by atoms with E-state index in [2.05, 4.69) is 25.1 Å². The molecule has 0 bridgehead atoms. The first-order valence-electron chi connectivity index (χ1n) is 19.5. The maximum absolute atomic E-state index is 13.6. The number of ether oxygens (including phenoxy) is 4. The number of rotatable bonds is 12. The lowest BCUT2D eigenvalue weighted by atomic mass is 9.84. The number of hydrogen-bond donors (Lipinski definition) is 3. The molecule has 1 saturated heterocycles. The Morgan fingerprint density at radius 1 is 0.921 bits per heavy atom. The van der Waals surface area contributed by atoms with Gasteiger partial charge in [-0.3, -0.25) is 19.5 Å². The van der Waals surface area contributed by atoms with Crippen molar-refractivity contribution < 1.29 is 65.0 Å². The predicted molar refractivity (Wildman–Crippen MR) is 225 cm³/mol. The molecule has 1 fully saturated rings. The largest absolute Gasteiger partial charge is 0.490 e. The Bertz CT molecular complexity index is 2370. The van der Waals surface area contributed by atoms with Crippen LogP contribution in [-0.2, 0) is 56.3 Å². The second-order valence-corrected chi connectivity index (χ2v) is 19.7. The normalized spacial score (nSPS) is 16.7. The van der Waals surface area contributed by atoms with E-state index < -0.39 is 74.6 Å². The van der Waals surface area contributed by atoms with Gasteiger partial charge in [0.2, 0.25) is 0 Å². The molecule has 2 aromatic heterocycles. The zero-order valence-corrected chi connectivity index (χ0v) is 38.4. The van der Waals surface area contributed by atoms with Gasteiger partial charge in [-0.05, 0) is 100 Å². The van der Waals surface area contributed by atoms with Crippen molar-refractivity contribution in [1.82, 2.24) is 29.8 Å². The second kappa shape index (κ2) is 18.1. The van der Waals surface area contributed by atoms with Crippen LogP contribution in [0.1, 0.15) is 93.2 Å². The van der Waals surface area contributed by atoms with Gasteiger partial charge in [-0.2, -0.15) is 13.5 Å². The number of thiazole rings is 1. The number of aromatic nitrogens is 3. The van der Waals surface area contributed by atoms with E-state index >= 15 is 0 Å². The molecule has 24 heteroatoms. The van der Waals surface area contributed by atoms with Crippen LogP contribution in [0.25, 0.3) is 11.4 Å². The monoisotopic (exact) mass is 920 g/mol. The Hall–Kier alpha value is -5.85. The van der Waals surface area contributed by atoms with Gasteiger partial charge in [0.15, 0.2) is 17.5 Å². The van der Waals surface area contributed by atoms with E-state index in [4.69, 9.17) is 33.3 Å². The number of carbonyl (C=O) groups is 5. The SMILES string of the molecule is CC(C)(C)OC(=O)Nc1nc(C(=NOCCOc2ccc(-c3nc4c(n3C(=O)OC(C)(C)C)CN(C(=O)OC(C)(C)C)CC4)cc2)C(=O)N[C@@H]2C(=O)N(OS(=O)(=O)O)C2(C)C)cs1. The average molecular weight is 921 g/mol. The van der Waals surface area contributed by atoms with Crippen molar-refractivity contribution >= 4 is 62.7 Å². The second-order valence-electron chi connectivity index (χ2n) is 17.8. The fraction of sp³-hybridized carbons (Fsp3) is 0.538. The molecule has 4 heterocycles. The molecule has 2 aliphatic rings. The summed E-state index contributed by atoms with van der Waals surface area (Å²) in [6.07, 6.45) is -1.58. The van der Waals surface area contributed by atoms with Crippen LogP contribution in [0.3, 0.4) is 0 Å². The third-order valence-electron chi connectivity index (χ3n) is 8.65. The summed E-state index contributed by atoms with van der Waals surface area (Å²) < 4.78 is 59.8. The number of hydroxylamine groups is 2. The molecule has 0 unspecified atom stereocenters. The topological polar surface area (TPSA) is 269 Å². The molecular weight excluding hydrogens is 869 g/mol. The smallest absolute Gasteiger partial charge is 0.420 e. The van der Waals surface area contributed by atoms with Crippen LogP contribution in [0.15, 0.2) is 34.8 Å². The quantitative estimate of drug-likeness (QED) is 0.0534. The summed E-state index contributed by atoms with van der Waals surface area (Å²) in [4.78, 5) is 81.2. The van der Waals surface area contributed by atoms with Crippen molar-refractivity contribution in [2.45, 2.75) is 118 Å². The predicted octanol–water partition coefficient (Wildman–Crippen LogP) is 5.07. The van der Waals surface area contributed by atoms with Gasteiger partial charge in [-0.1, -0.05) is 5.16 Å². The van der Waals surface area contributed by atoms with E-state index in [1.54, 1.807) is 86.6 Å². The van der Waals surface area contributed by atoms with Crippen molar-refractivity contribution in [3.8, 4) is 17.1 Å². The number of nitrogens with zero attached hydrogens (tertiary/aromatic N) is 6. The maximum Gasteiger partial charge on any atom is 0.420 e. The number of benzene rings is 1. The number of oxime groups is 1. The molecule has 1 atom stereocenters. The fourth-order valence-electron chi connectivity index (χ4n) is 6.00. The van der Waals surface area contributed by atoms with E-state index in [-0.39, 0.29) is 30.6 Å². The van der Waals surface area contributed by atoms with Gasteiger partial charge in [0.25, 0.3) is 11.8 Å². The van der Waals surface area contributed by atoms with Gasteiger partial charge in [-0.25, -0.2) is 28.9 Å². The summed E-state index contributed by atoms with van der Waals surface area (Å²) in [5, 5.41) is 10.7. The summed E-state index contributed by atoms with van der Waals surface area (Å²) in [5.41, 5.74) is -2.52. The molecule has 0 aliphatic carbocycles. The maximum atomic E-state index is 13.6. The molecule has 4 amide bonds. The molecule has 5 rings (SSSR count). The van der Waals surface area contributed by atoms with Crippen LogP contribution in [0.4, 0.5) is 19.5 Å². The third-order valence-corrected chi connectivity index (χ3v) is 9.74. The van der Waals surface area contributed by atoms with Crippen molar-refractivity contribution in [1.29, 1.82) is 0 Å². The first-order chi connectivity index (χ1) is 29.0. The number of amides is 4. The number of carbonyl (C=O) groups excluding carboxylic acids is 5. The minimum atomic E-state index is -5.04. The minimum absolute atomic E-state index is 0.0517. The summed E-state index contributed by atoms with van der Waals surface area (Å²) in [6.45, 7) is 18.5. The highest BCUT2D eigenvalue weighted by Gasteiger charge is 2.58. The Kier molecular flexibility index (Phi) is 13.8. The van der Waals surface area contributed by atoms with Crippen LogP contribution in [0.2, 0.25) is 0 Å². The van der Waals surface area contributed by atoms with Gasteiger partial charge in [0.05, 0.1) is 23.5 Å². The first kappa shape index (κ1) is 48.2. The average Bonchev–Trinajstić information content (AvgIpc) is 3.76. The number of hydrogen-bond acceptors (Lipinski definition) is 17. The molecule has 63 heavy (non-hydrogen) atoms. The molecule has 344 valence electrons. The lowest BCUT2D eigenvalue weighted by Gasteiger charge is -2.50. The van der Waals surface area contributed by atoms with E-state index in [1.165, 1.54) is 28.7 Å². The summed E-state index contributed by atoms with van der Waals surface area (Å²) in [6, 6.07) is 5.39. The van der Waals surface area contributed by atoms with Crippen molar-refractivity contribution in [2.24, 2.45) is 5.16 Å². The van der Waals surface area contributed by atoms with Crippen LogP contribution < -0.4 is 15.4 Å². The van der Waals surface area contributed by atoms with Crippen LogP contribution in [0.5, 0.6) is 5.75 Å². The van der Waals surface area contributed by atoms with Crippen LogP contribution >= 0.6 is 11.3 Å². The van der Waals surface area contributed by atoms with E-state index in [9.17, 15) is 32.4 Å². The Morgan fingerprint density at radius 3 is 2.13 bits per heavy atom. The van der Waals surface area contributed by atoms with Crippen LogP contribution in [0, 0.1) is 0 Å². The summed E-state index contributed by atoms with van der Waals surface area (Å²) in [7, 11) is -5.04. The number of imidazole rings is 1. The van der Waals surface area contributed by atoms with Gasteiger partial charge in [0, 0.05) is 23.9 Å². The first-order valence-corrected chi connectivity index (χ1v) is 21.8. The Morgan fingerprint density at radius 2 is 1.54 bits per heavy atom. The molecule has 0 spiro atoms. The van der Waals surface area contributed by atoms with Crippen molar-refractivity contribution in [3.05, 3.63) is 46.7 Å². The molecule has 2 aliphatic heterocycles. The number of β-lactam (4-membered cyclic amide) rings is 1. The molecule has 22 nitrogen and oxygen atoms in total. The Labute approximate surface area is 368 Å². The van der Waals surface area contributed by atoms with E-state index in [0.29, 0.717) is 46.6 Å². The molecule has 0 saturated carbocycles. The molecular formula is C39H52N8O14S2. The third kappa shape index (κ3) is 12.6. The lowest BCUT2D eigenvalue weighted by Crippen LogP contribution is -2.76. The fourth-order valence-corrected chi connectivity index (χ4v) is 7.14. The highest BCUT2D eigenvalue weighted by atomic mass is 32.3. The standard InChI is InChI=1S/C39H52N8O14S2/c1-36(2,3)58-33(50)43-32-41-25(21-62-32)27(30(48)42-28-31(49)47(39(28,10)11)61-63(53,54)55)44-57-19-18-56-23-14-12-22(13-15-23)29-40-24-16-17-45(34(51)59-37(4,5)6)20-26(24)46(29)35(52)60-38(7,8)9/h12-15,21,28H,16-20H2,1-11H3,(H,42,48)(H,41,43,50)(H,53,54,55)/t28-/m1/s1. The van der Waals surface area contributed by atoms with Crippen molar-refractivity contribution in [2.75, 3.05) is 25.1 Å². The molecule has 1 aromatic carbocycles. The van der Waals surface area contributed by atoms with Crippen LogP contribution in [-0.4, -0.2) is 121 Å². The number of nitrogens with one attached hydrogen (secondary N) is 2. The minimum Gasteiger partial charge on any atom is -0.490 e. The van der Waals surface area contributed by atoms with Gasteiger partial charge < -0.3 is 34.0 Å². The van der Waals surface area contributed by atoms with Crippen molar-refractivity contribution in [3.63, 3.8) is 0 Å². The Balaban J connectivity index is 1.29. The summed E-state index contributed by atoms with van der Waals surface area (Å²) >= 11 is 0.945. The van der Waals surface area contributed by atoms with Gasteiger partial charge in [0.1, 0.15) is 46.7 Å².